The van der Waals surface area contributed by atoms with Gasteiger partial charge in [-0.1, -0.05) is 52.4 Å². The number of hydrogen-bond donors (Lipinski definition) is 1. The van der Waals surface area contributed by atoms with E-state index in [0.29, 0.717) is 12.8 Å². The summed E-state index contributed by atoms with van der Waals surface area (Å²) in [5.74, 6) is -0.662. The number of sulfonamides is 1. The van der Waals surface area contributed by atoms with Gasteiger partial charge in [-0.15, -0.1) is 0 Å². The van der Waals surface area contributed by atoms with Crippen molar-refractivity contribution in [3.05, 3.63) is 0 Å². The van der Waals surface area contributed by atoms with Gasteiger partial charge in [-0.2, -0.15) is 9.57 Å². The van der Waals surface area contributed by atoms with E-state index in [4.69, 9.17) is 10.5 Å². The van der Waals surface area contributed by atoms with Crippen molar-refractivity contribution < 1.29 is 17.9 Å². The minimum atomic E-state index is -3.79. The third-order valence-electron chi connectivity index (χ3n) is 9.51. The van der Waals surface area contributed by atoms with E-state index in [0.717, 1.165) is 70.6 Å². The standard InChI is InChI=1S/C25H41N3O4S/c1-23(2)18-14-15-25(23,21(16-18)32-22(29)24(3,27)17-26)33(30,31)28(19-10-6-4-7-11-19)20-12-8-5-9-13-20/h18-21H,4-16,27H2,1-3H3/t18-,21-,24-,25-/m1/s1. The molecule has 2 bridgehead atoms. The Balaban J connectivity index is 1.76. The van der Waals surface area contributed by atoms with Crippen molar-refractivity contribution in [2.75, 3.05) is 0 Å². The van der Waals surface area contributed by atoms with Gasteiger partial charge in [-0.3, -0.25) is 0 Å². The third kappa shape index (κ3) is 3.83. The van der Waals surface area contributed by atoms with Crippen molar-refractivity contribution in [2.24, 2.45) is 17.1 Å². The van der Waals surface area contributed by atoms with Crippen molar-refractivity contribution in [1.29, 1.82) is 5.26 Å². The van der Waals surface area contributed by atoms with Crippen LogP contribution in [0.1, 0.15) is 104 Å². The second-order valence-electron chi connectivity index (χ2n) is 11.7. The van der Waals surface area contributed by atoms with Crippen LogP contribution in [-0.2, 0) is 19.6 Å². The summed E-state index contributed by atoms with van der Waals surface area (Å²) in [4.78, 5) is 12.8. The molecule has 0 aromatic rings. The smallest absolute Gasteiger partial charge is 0.341 e. The molecule has 4 rings (SSSR count). The number of fused-ring (bicyclic) bond motifs is 2. The molecule has 4 aliphatic rings. The summed E-state index contributed by atoms with van der Waals surface area (Å²) in [5, 5.41) is 9.32. The van der Waals surface area contributed by atoms with Crippen LogP contribution in [0.2, 0.25) is 0 Å². The highest BCUT2D eigenvalue weighted by molar-refractivity contribution is 7.90. The number of rotatable bonds is 6. The fourth-order valence-corrected chi connectivity index (χ4v) is 10.7. The fourth-order valence-electron chi connectivity index (χ4n) is 7.47. The summed E-state index contributed by atoms with van der Waals surface area (Å²) in [6.45, 7) is 5.41. The number of carbonyl (C=O) groups is 1. The van der Waals surface area contributed by atoms with Gasteiger partial charge < -0.3 is 10.5 Å². The molecule has 4 fully saturated rings. The lowest BCUT2D eigenvalue weighted by molar-refractivity contribution is -0.155. The third-order valence-corrected chi connectivity index (χ3v) is 12.6. The van der Waals surface area contributed by atoms with Gasteiger partial charge in [0.1, 0.15) is 10.9 Å². The summed E-state index contributed by atoms with van der Waals surface area (Å²) in [6, 6.07) is 1.87. The highest BCUT2D eigenvalue weighted by Crippen LogP contribution is 2.65. The first kappa shape index (κ1) is 24.9. The first-order chi connectivity index (χ1) is 15.5. The van der Waals surface area contributed by atoms with Crippen molar-refractivity contribution >= 4 is 16.0 Å². The Hall–Kier alpha value is -1.17. The van der Waals surface area contributed by atoms with E-state index in [1.807, 2.05) is 18.2 Å². The van der Waals surface area contributed by atoms with Crippen LogP contribution < -0.4 is 5.73 Å². The molecule has 0 amide bonds. The molecule has 0 saturated heterocycles. The Morgan fingerprint density at radius 3 is 2.00 bits per heavy atom. The van der Waals surface area contributed by atoms with E-state index in [9.17, 15) is 18.5 Å². The molecular weight excluding hydrogens is 438 g/mol. The van der Waals surface area contributed by atoms with Crippen molar-refractivity contribution in [3.63, 3.8) is 0 Å². The Kier molecular flexibility index (Phi) is 6.65. The molecule has 0 spiro atoms. The maximum Gasteiger partial charge on any atom is 0.341 e. The maximum atomic E-state index is 14.9. The van der Waals surface area contributed by atoms with Gasteiger partial charge in [0.15, 0.2) is 5.54 Å². The molecule has 186 valence electrons. The molecule has 4 saturated carbocycles. The van der Waals surface area contributed by atoms with Crippen LogP contribution in [-0.4, -0.2) is 47.2 Å². The molecule has 2 N–H and O–H groups in total. The molecule has 0 aliphatic heterocycles. The summed E-state index contributed by atoms with van der Waals surface area (Å²) in [7, 11) is -3.79. The molecule has 0 radical (unpaired) electrons. The number of esters is 1. The van der Waals surface area contributed by atoms with Gasteiger partial charge in [0, 0.05) is 12.1 Å². The molecular formula is C25H41N3O4S. The minimum Gasteiger partial charge on any atom is -0.458 e. The normalized spacial score (nSPS) is 34.7. The Labute approximate surface area is 199 Å². The van der Waals surface area contributed by atoms with Gasteiger partial charge in [0.2, 0.25) is 10.0 Å². The topological polar surface area (TPSA) is 113 Å². The first-order valence-electron chi connectivity index (χ1n) is 12.9. The van der Waals surface area contributed by atoms with Gasteiger partial charge in [0.25, 0.3) is 0 Å². The lowest BCUT2D eigenvalue weighted by Crippen LogP contribution is -2.63. The predicted octanol–water partition coefficient (Wildman–Crippen LogP) is 4.02. The first-order valence-corrected chi connectivity index (χ1v) is 14.4. The predicted molar refractivity (Wildman–Crippen MR) is 126 cm³/mol. The number of nitrogens with zero attached hydrogens (tertiary/aromatic N) is 2. The largest absolute Gasteiger partial charge is 0.458 e. The number of nitrogens with two attached hydrogens (primary N) is 1. The Bertz CT molecular complexity index is 879. The van der Waals surface area contributed by atoms with Crippen LogP contribution in [0.5, 0.6) is 0 Å². The molecule has 8 heteroatoms. The highest BCUT2D eigenvalue weighted by Gasteiger charge is 2.74. The minimum absolute atomic E-state index is 0.0342. The van der Waals surface area contributed by atoms with Crippen LogP contribution >= 0.6 is 0 Å². The summed E-state index contributed by atoms with van der Waals surface area (Å²) >= 11 is 0. The second kappa shape index (κ2) is 8.80. The molecule has 4 aliphatic carbocycles. The monoisotopic (exact) mass is 479 g/mol. The van der Waals surface area contributed by atoms with Gasteiger partial charge in [0.05, 0.1) is 6.07 Å². The number of hydrogen-bond acceptors (Lipinski definition) is 6. The Morgan fingerprint density at radius 1 is 1.03 bits per heavy atom. The van der Waals surface area contributed by atoms with Gasteiger partial charge in [-0.05, 0) is 63.2 Å². The lowest BCUT2D eigenvalue weighted by atomic mass is 9.81. The Morgan fingerprint density at radius 2 is 1.55 bits per heavy atom. The van der Waals surface area contributed by atoms with Crippen molar-refractivity contribution in [3.8, 4) is 6.07 Å². The highest BCUT2D eigenvalue weighted by atomic mass is 32.2. The van der Waals surface area contributed by atoms with E-state index < -0.39 is 37.8 Å². The van der Waals surface area contributed by atoms with Crippen LogP contribution in [0.3, 0.4) is 0 Å². The summed E-state index contributed by atoms with van der Waals surface area (Å²) in [5.41, 5.74) is 3.55. The zero-order valence-electron chi connectivity index (χ0n) is 20.5. The van der Waals surface area contributed by atoms with Crippen LogP contribution in [0, 0.1) is 22.7 Å². The van der Waals surface area contributed by atoms with E-state index >= 15 is 0 Å². The average Bonchev–Trinajstić information content (AvgIpc) is 3.18. The molecule has 4 atom stereocenters. The summed E-state index contributed by atoms with van der Waals surface area (Å²) < 4.78 is 36.4. The SMILES string of the molecule is CC1(C)[C@@H]2CC[C@@]1(S(=O)(=O)N(C1CCCCC1)C1CCCCC1)[C@H](OC(=O)[C@](C)(N)C#N)C2. The number of carbonyl (C=O) groups excluding carboxylic acids is 1. The van der Waals surface area contributed by atoms with Crippen molar-refractivity contribution in [2.45, 2.75) is 133 Å². The molecule has 0 aromatic carbocycles. The molecule has 7 nitrogen and oxygen atoms in total. The fraction of sp³-hybridized carbons (Fsp3) is 0.920. The van der Waals surface area contributed by atoms with Crippen LogP contribution in [0.15, 0.2) is 0 Å². The summed E-state index contributed by atoms with van der Waals surface area (Å²) in [6.07, 6.45) is 11.3. The molecule has 0 unspecified atom stereocenters. The van der Waals surface area contributed by atoms with E-state index in [2.05, 4.69) is 0 Å². The maximum absolute atomic E-state index is 14.9. The zero-order valence-corrected chi connectivity index (χ0v) is 21.3. The van der Waals surface area contributed by atoms with E-state index in [1.54, 1.807) is 6.07 Å². The quantitative estimate of drug-likeness (QED) is 0.576. The lowest BCUT2D eigenvalue weighted by Gasteiger charge is -2.49. The zero-order chi connectivity index (χ0) is 24.1. The van der Waals surface area contributed by atoms with Gasteiger partial charge >= 0.3 is 5.97 Å². The molecule has 0 aromatic heterocycles. The molecule has 0 heterocycles. The average molecular weight is 480 g/mol. The number of ether oxygens (including phenoxy) is 1. The van der Waals surface area contributed by atoms with Crippen LogP contribution in [0.4, 0.5) is 0 Å². The number of nitriles is 1. The second-order valence-corrected chi connectivity index (χ2v) is 13.8. The van der Waals surface area contributed by atoms with Crippen molar-refractivity contribution in [1.82, 2.24) is 4.31 Å². The van der Waals surface area contributed by atoms with Crippen LogP contribution in [0.25, 0.3) is 0 Å². The van der Waals surface area contributed by atoms with E-state index in [-0.39, 0.29) is 18.0 Å². The molecule has 33 heavy (non-hydrogen) atoms. The van der Waals surface area contributed by atoms with E-state index in [1.165, 1.54) is 6.92 Å². The van der Waals surface area contributed by atoms with Gasteiger partial charge in [-0.25, -0.2) is 13.2 Å².